The van der Waals surface area contributed by atoms with Gasteiger partial charge in [0.15, 0.2) is 0 Å². The highest BCUT2D eigenvalue weighted by Gasteiger charge is 2.10. The second-order valence-corrected chi connectivity index (χ2v) is 4.34. The summed E-state index contributed by atoms with van der Waals surface area (Å²) in [6.45, 7) is 2.84. The van der Waals surface area contributed by atoms with Crippen LogP contribution in [0.15, 0.2) is 30.5 Å². The summed E-state index contributed by atoms with van der Waals surface area (Å²) in [5.41, 5.74) is 3.15. The molecule has 2 aromatic heterocycles. The maximum absolute atomic E-state index is 4.64. The van der Waals surface area contributed by atoms with Crippen molar-refractivity contribution in [2.75, 3.05) is 0 Å². The van der Waals surface area contributed by atoms with Crippen LogP contribution in [0, 0.1) is 0 Å². The molecule has 92 valence electrons. The van der Waals surface area contributed by atoms with Crippen LogP contribution in [0.2, 0.25) is 0 Å². The van der Waals surface area contributed by atoms with Gasteiger partial charge < -0.3 is 4.57 Å². The summed E-state index contributed by atoms with van der Waals surface area (Å²) < 4.78 is 3.93. The average Bonchev–Trinajstić information content (AvgIpc) is 2.94. The molecule has 0 aliphatic rings. The quantitative estimate of drug-likeness (QED) is 0.702. The largest absolute Gasteiger partial charge is 0.322 e. The molecule has 3 aromatic rings. The minimum atomic E-state index is 0.720. The van der Waals surface area contributed by atoms with E-state index in [1.807, 2.05) is 31.4 Å². The lowest BCUT2D eigenvalue weighted by molar-refractivity contribution is 0.705. The molecule has 0 bridgehead atoms. The lowest BCUT2D eigenvalue weighted by atomic mass is 10.3. The third kappa shape index (κ3) is 1.77. The highest BCUT2D eigenvalue weighted by atomic mass is 15.4. The molecule has 5 nitrogen and oxygen atoms in total. The van der Waals surface area contributed by atoms with Gasteiger partial charge in [-0.3, -0.25) is 4.68 Å². The molecule has 0 spiro atoms. The zero-order chi connectivity index (χ0) is 12.5. The predicted octanol–water partition coefficient (Wildman–Crippen LogP) is 1.78. The number of rotatable bonds is 3. The van der Waals surface area contributed by atoms with Crippen LogP contribution in [0.5, 0.6) is 0 Å². The van der Waals surface area contributed by atoms with Gasteiger partial charge in [0.2, 0.25) is 0 Å². The number of aromatic nitrogens is 5. The normalized spacial score (nSPS) is 11.2. The second kappa shape index (κ2) is 4.25. The number of hydrogen-bond donors (Lipinski definition) is 0. The van der Waals surface area contributed by atoms with Gasteiger partial charge in [-0.05, 0) is 12.1 Å². The number of imidazole rings is 1. The van der Waals surface area contributed by atoms with E-state index >= 15 is 0 Å². The SMILES string of the molecule is CCc1nc2ccccc2n1Cc1cn(C)nn1. The molecule has 1 aromatic carbocycles. The van der Waals surface area contributed by atoms with Gasteiger partial charge >= 0.3 is 0 Å². The molecule has 0 aliphatic carbocycles. The summed E-state index contributed by atoms with van der Waals surface area (Å²) in [4.78, 5) is 4.64. The summed E-state index contributed by atoms with van der Waals surface area (Å²) >= 11 is 0. The van der Waals surface area contributed by atoms with E-state index in [4.69, 9.17) is 0 Å². The van der Waals surface area contributed by atoms with Gasteiger partial charge in [-0.2, -0.15) is 0 Å². The molecule has 0 N–H and O–H groups in total. The van der Waals surface area contributed by atoms with Crippen molar-refractivity contribution in [3.8, 4) is 0 Å². The van der Waals surface area contributed by atoms with Crippen LogP contribution < -0.4 is 0 Å². The van der Waals surface area contributed by atoms with Gasteiger partial charge in [0, 0.05) is 19.7 Å². The van der Waals surface area contributed by atoms with Crippen LogP contribution in [-0.2, 0) is 20.0 Å². The van der Waals surface area contributed by atoms with Crippen molar-refractivity contribution >= 4 is 11.0 Å². The Kier molecular flexibility index (Phi) is 2.59. The van der Waals surface area contributed by atoms with E-state index in [0.29, 0.717) is 0 Å². The van der Waals surface area contributed by atoms with E-state index in [-0.39, 0.29) is 0 Å². The van der Waals surface area contributed by atoms with Gasteiger partial charge in [-0.15, -0.1) is 5.10 Å². The van der Waals surface area contributed by atoms with Gasteiger partial charge in [-0.1, -0.05) is 24.3 Å². The van der Waals surface area contributed by atoms with Crippen LogP contribution in [0.25, 0.3) is 11.0 Å². The van der Waals surface area contributed by atoms with Crippen LogP contribution in [0.3, 0.4) is 0 Å². The maximum Gasteiger partial charge on any atom is 0.109 e. The van der Waals surface area contributed by atoms with Crippen molar-refractivity contribution in [3.63, 3.8) is 0 Å². The zero-order valence-electron chi connectivity index (χ0n) is 10.5. The van der Waals surface area contributed by atoms with Crippen molar-refractivity contribution < 1.29 is 0 Å². The van der Waals surface area contributed by atoms with Gasteiger partial charge in [0.25, 0.3) is 0 Å². The average molecular weight is 241 g/mol. The maximum atomic E-state index is 4.64. The van der Waals surface area contributed by atoms with E-state index < -0.39 is 0 Å². The summed E-state index contributed by atoms with van der Waals surface area (Å²) in [6, 6.07) is 8.19. The first-order chi connectivity index (χ1) is 8.78. The van der Waals surface area contributed by atoms with E-state index in [2.05, 4.69) is 32.9 Å². The van der Waals surface area contributed by atoms with Crippen LogP contribution in [0.4, 0.5) is 0 Å². The second-order valence-electron chi connectivity index (χ2n) is 4.34. The Balaban J connectivity index is 2.09. The predicted molar refractivity (Wildman–Crippen MR) is 69.2 cm³/mol. The topological polar surface area (TPSA) is 48.5 Å². The van der Waals surface area contributed by atoms with E-state index in [1.54, 1.807) is 4.68 Å². The smallest absolute Gasteiger partial charge is 0.109 e. The molecule has 0 unspecified atom stereocenters. The van der Waals surface area contributed by atoms with Crippen LogP contribution in [0.1, 0.15) is 18.4 Å². The molecule has 0 saturated heterocycles. The number of fused-ring (bicyclic) bond motifs is 1. The fourth-order valence-corrected chi connectivity index (χ4v) is 2.20. The molecular weight excluding hydrogens is 226 g/mol. The van der Waals surface area contributed by atoms with Gasteiger partial charge in [-0.25, -0.2) is 4.98 Å². The standard InChI is InChI=1S/C13H15N5/c1-3-13-14-11-6-4-5-7-12(11)18(13)9-10-8-17(2)16-15-10/h4-8H,3,9H2,1-2H3. The molecule has 5 heteroatoms. The summed E-state index contributed by atoms with van der Waals surface area (Å²) in [5, 5.41) is 8.10. The number of aryl methyl sites for hydroxylation is 2. The Bertz CT molecular complexity index is 680. The van der Waals surface area contributed by atoms with E-state index in [9.17, 15) is 0 Å². The van der Waals surface area contributed by atoms with Crippen LogP contribution >= 0.6 is 0 Å². The highest BCUT2D eigenvalue weighted by Crippen LogP contribution is 2.17. The molecule has 0 atom stereocenters. The Morgan fingerprint density at radius 3 is 2.78 bits per heavy atom. The number of nitrogens with zero attached hydrogens (tertiary/aromatic N) is 5. The fourth-order valence-electron chi connectivity index (χ4n) is 2.20. The minimum absolute atomic E-state index is 0.720. The van der Waals surface area contributed by atoms with Crippen molar-refractivity contribution in [3.05, 3.63) is 42.0 Å². The van der Waals surface area contributed by atoms with Crippen molar-refractivity contribution in [2.45, 2.75) is 19.9 Å². The Morgan fingerprint density at radius 2 is 2.06 bits per heavy atom. The molecule has 0 aliphatic heterocycles. The molecule has 0 fully saturated rings. The third-order valence-corrected chi connectivity index (χ3v) is 3.02. The Hall–Kier alpha value is -2.17. The molecule has 3 rings (SSSR count). The van der Waals surface area contributed by atoms with Gasteiger partial charge in [0.1, 0.15) is 11.5 Å². The van der Waals surface area contributed by atoms with Crippen molar-refractivity contribution in [1.82, 2.24) is 24.5 Å². The first-order valence-electron chi connectivity index (χ1n) is 6.07. The Labute approximate surface area is 105 Å². The lowest BCUT2D eigenvalue weighted by Gasteiger charge is -2.05. The lowest BCUT2D eigenvalue weighted by Crippen LogP contribution is -2.04. The number of hydrogen-bond acceptors (Lipinski definition) is 3. The molecule has 0 amide bonds. The summed E-state index contributed by atoms with van der Waals surface area (Å²) in [5.74, 6) is 1.09. The van der Waals surface area contributed by atoms with Gasteiger partial charge in [0.05, 0.1) is 17.6 Å². The minimum Gasteiger partial charge on any atom is -0.322 e. The fraction of sp³-hybridized carbons (Fsp3) is 0.308. The van der Waals surface area contributed by atoms with E-state index in [1.165, 1.54) is 0 Å². The highest BCUT2D eigenvalue weighted by molar-refractivity contribution is 5.76. The molecular formula is C13H15N5. The first-order valence-corrected chi connectivity index (χ1v) is 6.07. The molecule has 0 saturated carbocycles. The van der Waals surface area contributed by atoms with E-state index in [0.717, 1.165) is 35.5 Å². The summed E-state index contributed by atoms with van der Waals surface area (Å²) in [7, 11) is 1.88. The van der Waals surface area contributed by atoms with Crippen molar-refractivity contribution in [2.24, 2.45) is 7.05 Å². The molecule has 2 heterocycles. The van der Waals surface area contributed by atoms with Crippen LogP contribution in [-0.4, -0.2) is 24.5 Å². The molecule has 18 heavy (non-hydrogen) atoms. The number of benzene rings is 1. The monoisotopic (exact) mass is 241 g/mol. The first kappa shape index (κ1) is 11.0. The number of para-hydroxylation sites is 2. The Morgan fingerprint density at radius 1 is 1.22 bits per heavy atom. The third-order valence-electron chi connectivity index (χ3n) is 3.02. The zero-order valence-corrected chi connectivity index (χ0v) is 10.5. The summed E-state index contributed by atoms with van der Waals surface area (Å²) in [6.07, 6.45) is 2.85. The molecule has 0 radical (unpaired) electrons. The van der Waals surface area contributed by atoms with Crippen molar-refractivity contribution in [1.29, 1.82) is 0 Å².